The molecule has 0 radical (unpaired) electrons. The second-order valence-electron chi connectivity index (χ2n) is 3.06. The number of benzene rings is 1. The lowest BCUT2D eigenvalue weighted by molar-refractivity contribution is 0.868. The SMILES string of the molecule is NC(=S)CCCc1cc(Cl)ccc1Cl. The van der Waals surface area contributed by atoms with E-state index in [9.17, 15) is 0 Å². The molecule has 0 aliphatic carbocycles. The third-order valence-corrected chi connectivity index (χ3v) is 2.69. The molecule has 4 heteroatoms. The molecule has 0 saturated carbocycles. The van der Waals surface area contributed by atoms with Crippen LogP contribution in [0.3, 0.4) is 0 Å². The summed E-state index contributed by atoms with van der Waals surface area (Å²) < 4.78 is 0. The third-order valence-electron chi connectivity index (χ3n) is 1.88. The Morgan fingerprint density at radius 3 is 2.71 bits per heavy atom. The molecule has 0 fully saturated rings. The Morgan fingerprint density at radius 2 is 2.07 bits per heavy atom. The molecule has 0 heterocycles. The highest BCUT2D eigenvalue weighted by Gasteiger charge is 2.01. The maximum atomic E-state index is 5.99. The van der Waals surface area contributed by atoms with Gasteiger partial charge in [-0.2, -0.15) is 0 Å². The van der Waals surface area contributed by atoms with E-state index in [1.807, 2.05) is 6.07 Å². The van der Waals surface area contributed by atoms with E-state index >= 15 is 0 Å². The van der Waals surface area contributed by atoms with Gasteiger partial charge in [0.05, 0.1) is 4.99 Å². The topological polar surface area (TPSA) is 26.0 Å². The minimum atomic E-state index is 0.545. The van der Waals surface area contributed by atoms with Crippen LogP contribution in [0.2, 0.25) is 10.0 Å². The van der Waals surface area contributed by atoms with Crippen molar-refractivity contribution in [2.24, 2.45) is 5.73 Å². The Bertz CT molecular complexity index is 339. The van der Waals surface area contributed by atoms with Crippen LogP contribution in [-0.2, 0) is 6.42 Å². The summed E-state index contributed by atoms with van der Waals surface area (Å²) in [5.41, 5.74) is 6.45. The van der Waals surface area contributed by atoms with Crippen molar-refractivity contribution in [3.8, 4) is 0 Å². The van der Waals surface area contributed by atoms with Crippen molar-refractivity contribution in [1.29, 1.82) is 0 Å². The minimum Gasteiger partial charge on any atom is -0.393 e. The normalized spacial score (nSPS) is 10.1. The maximum absolute atomic E-state index is 5.99. The van der Waals surface area contributed by atoms with Gasteiger partial charge in [0.25, 0.3) is 0 Å². The van der Waals surface area contributed by atoms with Crippen LogP contribution < -0.4 is 5.73 Å². The monoisotopic (exact) mass is 247 g/mol. The Balaban J connectivity index is 2.57. The lowest BCUT2D eigenvalue weighted by atomic mass is 10.1. The molecule has 2 N–H and O–H groups in total. The predicted octanol–water partition coefficient (Wildman–Crippen LogP) is 3.60. The first-order chi connectivity index (χ1) is 6.59. The van der Waals surface area contributed by atoms with Gasteiger partial charge < -0.3 is 5.73 Å². The van der Waals surface area contributed by atoms with E-state index in [1.165, 1.54) is 0 Å². The number of aryl methyl sites for hydroxylation is 1. The Labute approximate surface area is 99.2 Å². The van der Waals surface area contributed by atoms with E-state index in [0.717, 1.165) is 29.8 Å². The van der Waals surface area contributed by atoms with Gasteiger partial charge in [-0.3, -0.25) is 0 Å². The van der Waals surface area contributed by atoms with Gasteiger partial charge in [0.15, 0.2) is 0 Å². The Hall–Kier alpha value is -0.310. The summed E-state index contributed by atoms with van der Waals surface area (Å²) in [4.78, 5) is 0.545. The Kier molecular flexibility index (Phi) is 4.66. The molecule has 0 bridgehead atoms. The van der Waals surface area contributed by atoms with E-state index in [1.54, 1.807) is 12.1 Å². The highest BCUT2D eigenvalue weighted by atomic mass is 35.5. The first kappa shape index (κ1) is 11.8. The van der Waals surface area contributed by atoms with Gasteiger partial charge in [-0.25, -0.2) is 0 Å². The van der Waals surface area contributed by atoms with Crippen LogP contribution in [0, 0.1) is 0 Å². The van der Waals surface area contributed by atoms with Gasteiger partial charge >= 0.3 is 0 Å². The zero-order valence-corrected chi connectivity index (χ0v) is 9.92. The predicted molar refractivity (Wildman–Crippen MR) is 66.2 cm³/mol. The zero-order chi connectivity index (χ0) is 10.6. The van der Waals surface area contributed by atoms with E-state index in [0.29, 0.717) is 10.0 Å². The molecule has 0 aliphatic rings. The molecule has 0 spiro atoms. The number of hydrogen-bond acceptors (Lipinski definition) is 1. The molecule has 0 atom stereocenters. The van der Waals surface area contributed by atoms with Gasteiger partial charge in [0.1, 0.15) is 0 Å². The van der Waals surface area contributed by atoms with Gasteiger partial charge in [-0.1, -0.05) is 35.4 Å². The summed E-state index contributed by atoms with van der Waals surface area (Å²) in [6.45, 7) is 0. The highest BCUT2D eigenvalue weighted by Crippen LogP contribution is 2.22. The van der Waals surface area contributed by atoms with Crippen LogP contribution in [0.25, 0.3) is 0 Å². The smallest absolute Gasteiger partial charge is 0.0727 e. The van der Waals surface area contributed by atoms with E-state index in [4.69, 9.17) is 41.2 Å². The molecule has 76 valence electrons. The average molecular weight is 248 g/mol. The molecule has 14 heavy (non-hydrogen) atoms. The van der Waals surface area contributed by atoms with Crippen molar-refractivity contribution in [1.82, 2.24) is 0 Å². The van der Waals surface area contributed by atoms with Crippen LogP contribution in [0.1, 0.15) is 18.4 Å². The molecule has 0 unspecified atom stereocenters. The van der Waals surface area contributed by atoms with Crippen molar-refractivity contribution >= 4 is 40.4 Å². The summed E-state index contributed by atoms with van der Waals surface area (Å²) in [5.74, 6) is 0. The van der Waals surface area contributed by atoms with E-state index < -0.39 is 0 Å². The standard InChI is InChI=1S/C10H11Cl2NS/c11-8-4-5-9(12)7(6-8)2-1-3-10(13)14/h4-6H,1-3H2,(H2,13,14). The summed E-state index contributed by atoms with van der Waals surface area (Å²) in [6.07, 6.45) is 2.52. The van der Waals surface area contributed by atoms with Crippen molar-refractivity contribution < 1.29 is 0 Å². The van der Waals surface area contributed by atoms with Crippen LogP contribution in [-0.4, -0.2) is 4.99 Å². The second-order valence-corrected chi connectivity index (χ2v) is 4.42. The van der Waals surface area contributed by atoms with Gasteiger partial charge in [0, 0.05) is 10.0 Å². The Morgan fingerprint density at radius 1 is 1.36 bits per heavy atom. The fraction of sp³-hybridized carbons (Fsp3) is 0.300. The quantitative estimate of drug-likeness (QED) is 0.824. The molecule has 1 aromatic carbocycles. The molecule has 0 aromatic heterocycles. The van der Waals surface area contributed by atoms with Crippen molar-refractivity contribution in [3.05, 3.63) is 33.8 Å². The van der Waals surface area contributed by atoms with Crippen molar-refractivity contribution in [3.63, 3.8) is 0 Å². The fourth-order valence-corrected chi connectivity index (χ4v) is 1.74. The number of thiocarbonyl (C=S) groups is 1. The first-order valence-electron chi connectivity index (χ1n) is 4.32. The fourth-order valence-electron chi connectivity index (χ4n) is 1.19. The zero-order valence-electron chi connectivity index (χ0n) is 7.59. The second kappa shape index (κ2) is 5.54. The molecule has 0 amide bonds. The average Bonchev–Trinajstić information content (AvgIpc) is 2.10. The van der Waals surface area contributed by atoms with E-state index in [-0.39, 0.29) is 0 Å². The van der Waals surface area contributed by atoms with Crippen LogP contribution in [0.15, 0.2) is 18.2 Å². The highest BCUT2D eigenvalue weighted by molar-refractivity contribution is 7.80. The number of hydrogen-bond donors (Lipinski definition) is 1. The van der Waals surface area contributed by atoms with E-state index in [2.05, 4.69) is 0 Å². The molecule has 0 saturated heterocycles. The maximum Gasteiger partial charge on any atom is 0.0727 e. The molecular formula is C10H11Cl2NS. The summed E-state index contributed by atoms with van der Waals surface area (Å²) in [5, 5.41) is 1.46. The molecule has 1 aromatic rings. The van der Waals surface area contributed by atoms with Gasteiger partial charge in [0.2, 0.25) is 0 Å². The van der Waals surface area contributed by atoms with Gasteiger partial charge in [-0.15, -0.1) is 0 Å². The molecular weight excluding hydrogens is 237 g/mol. The van der Waals surface area contributed by atoms with Crippen LogP contribution in [0.4, 0.5) is 0 Å². The third kappa shape index (κ3) is 3.82. The van der Waals surface area contributed by atoms with Gasteiger partial charge in [-0.05, 0) is 43.0 Å². The molecule has 0 aliphatic heterocycles. The number of rotatable bonds is 4. The molecule has 1 rings (SSSR count). The van der Waals surface area contributed by atoms with Crippen LogP contribution >= 0.6 is 35.4 Å². The summed E-state index contributed by atoms with van der Waals surface area (Å²) >= 11 is 16.6. The number of halogens is 2. The molecule has 1 nitrogen and oxygen atoms in total. The first-order valence-corrected chi connectivity index (χ1v) is 5.48. The lowest BCUT2D eigenvalue weighted by Gasteiger charge is -2.04. The van der Waals surface area contributed by atoms with Crippen molar-refractivity contribution in [2.45, 2.75) is 19.3 Å². The summed E-state index contributed by atoms with van der Waals surface area (Å²) in [6, 6.07) is 5.46. The number of nitrogens with two attached hydrogens (primary N) is 1. The summed E-state index contributed by atoms with van der Waals surface area (Å²) in [7, 11) is 0. The minimum absolute atomic E-state index is 0.545. The van der Waals surface area contributed by atoms with Crippen molar-refractivity contribution in [2.75, 3.05) is 0 Å². The largest absolute Gasteiger partial charge is 0.393 e. The lowest BCUT2D eigenvalue weighted by Crippen LogP contribution is -2.07. The van der Waals surface area contributed by atoms with Crippen LogP contribution in [0.5, 0.6) is 0 Å².